The van der Waals surface area contributed by atoms with E-state index in [2.05, 4.69) is 31.8 Å². The molecule has 0 aliphatic carbocycles. The lowest BCUT2D eigenvalue weighted by Gasteiger charge is -2.21. The third-order valence-electron chi connectivity index (χ3n) is 5.19. The summed E-state index contributed by atoms with van der Waals surface area (Å²) < 4.78 is 12.2. The Labute approximate surface area is 240 Å². The van der Waals surface area contributed by atoms with Crippen LogP contribution in [0.25, 0.3) is 0 Å². The van der Waals surface area contributed by atoms with Crippen LogP contribution < -0.4 is 20.2 Å². The molecule has 3 aromatic rings. The fraction of sp³-hybridized carbons (Fsp3) is 0.250. The molecule has 0 aromatic heterocycles. The van der Waals surface area contributed by atoms with Gasteiger partial charge in [-0.15, -0.1) is 0 Å². The van der Waals surface area contributed by atoms with Gasteiger partial charge in [-0.2, -0.15) is 5.10 Å². The van der Waals surface area contributed by atoms with Crippen molar-refractivity contribution >= 4 is 57.2 Å². The number of benzene rings is 3. The van der Waals surface area contributed by atoms with Crippen molar-refractivity contribution < 1.29 is 19.1 Å². The number of hydrogen-bond acceptors (Lipinski definition) is 5. The normalized spacial score (nSPS) is 12.7. The predicted molar refractivity (Wildman–Crippen MR) is 154 cm³/mol. The van der Waals surface area contributed by atoms with Gasteiger partial charge < -0.3 is 14.8 Å². The number of hydrazone groups is 1. The second-order valence-electron chi connectivity index (χ2n) is 8.68. The first kappa shape index (κ1) is 29.5. The second kappa shape index (κ2) is 14.2. The van der Waals surface area contributed by atoms with Crippen LogP contribution >= 0.6 is 39.1 Å². The van der Waals surface area contributed by atoms with Gasteiger partial charge in [0.05, 0.1) is 21.8 Å². The summed E-state index contributed by atoms with van der Waals surface area (Å²) in [7, 11) is 0. The van der Waals surface area contributed by atoms with Gasteiger partial charge in [0.1, 0.15) is 17.5 Å². The highest BCUT2D eigenvalue weighted by atomic mass is 79.9. The number of carbonyl (C=O) groups excluding carboxylic acids is 2. The summed E-state index contributed by atoms with van der Waals surface area (Å²) in [6, 6.07) is 18.6. The standard InChI is InChI=1S/C28H28BrCl2N3O4/c1-17(2)37-25-11-9-20(13-22(25)29)16-32-34-28(36)24(14-19-7-5-4-6-8-19)33-27(35)18(3)38-26-12-10-21(30)15-23(26)31/h4-13,15-18,24H,14H2,1-3H3,(H,33,35)(H,34,36)/b32-16-/t18-,24-/m1/s1. The lowest BCUT2D eigenvalue weighted by molar-refractivity contribution is -0.132. The van der Waals surface area contributed by atoms with Crippen molar-refractivity contribution in [2.45, 2.75) is 45.4 Å². The average Bonchev–Trinajstić information content (AvgIpc) is 2.87. The molecule has 0 aliphatic rings. The van der Waals surface area contributed by atoms with Gasteiger partial charge in [0.15, 0.2) is 6.10 Å². The maximum absolute atomic E-state index is 13.0. The van der Waals surface area contributed by atoms with Gasteiger partial charge in [-0.1, -0.05) is 53.5 Å². The molecule has 0 spiro atoms. The molecule has 0 unspecified atom stereocenters. The van der Waals surface area contributed by atoms with Crippen LogP contribution in [0.4, 0.5) is 0 Å². The van der Waals surface area contributed by atoms with E-state index in [0.29, 0.717) is 16.5 Å². The quantitative estimate of drug-likeness (QED) is 0.198. The first-order chi connectivity index (χ1) is 18.1. The molecule has 10 heteroatoms. The zero-order valence-electron chi connectivity index (χ0n) is 21.1. The van der Waals surface area contributed by atoms with E-state index in [1.54, 1.807) is 19.1 Å². The van der Waals surface area contributed by atoms with Crippen molar-refractivity contribution in [3.8, 4) is 11.5 Å². The molecule has 0 fully saturated rings. The van der Waals surface area contributed by atoms with Crippen molar-refractivity contribution in [2.24, 2.45) is 5.10 Å². The Balaban J connectivity index is 1.68. The van der Waals surface area contributed by atoms with E-state index >= 15 is 0 Å². The van der Waals surface area contributed by atoms with Crippen LogP contribution in [0.3, 0.4) is 0 Å². The van der Waals surface area contributed by atoms with Crippen LogP contribution in [-0.2, 0) is 16.0 Å². The van der Waals surface area contributed by atoms with Gasteiger partial charge in [0.25, 0.3) is 11.8 Å². The van der Waals surface area contributed by atoms with Gasteiger partial charge in [-0.05, 0) is 84.2 Å². The van der Waals surface area contributed by atoms with Gasteiger partial charge in [-0.3, -0.25) is 9.59 Å². The molecule has 0 heterocycles. The topological polar surface area (TPSA) is 89.0 Å². The summed E-state index contributed by atoms with van der Waals surface area (Å²) >= 11 is 15.6. The smallest absolute Gasteiger partial charge is 0.262 e. The summed E-state index contributed by atoms with van der Waals surface area (Å²) in [5, 5.41) is 7.56. The van der Waals surface area contributed by atoms with Crippen LogP contribution in [0.15, 0.2) is 76.3 Å². The Morgan fingerprint density at radius 1 is 0.947 bits per heavy atom. The molecule has 3 rings (SSSR count). The van der Waals surface area contributed by atoms with Gasteiger partial charge in [-0.25, -0.2) is 5.43 Å². The van der Waals surface area contributed by atoms with Crippen molar-refractivity contribution in [3.63, 3.8) is 0 Å². The second-order valence-corrected chi connectivity index (χ2v) is 10.4. The van der Waals surface area contributed by atoms with E-state index < -0.39 is 24.0 Å². The highest BCUT2D eigenvalue weighted by molar-refractivity contribution is 9.10. The average molecular weight is 621 g/mol. The number of carbonyl (C=O) groups is 2. The minimum atomic E-state index is -0.924. The van der Waals surface area contributed by atoms with Crippen molar-refractivity contribution in [1.82, 2.24) is 10.7 Å². The van der Waals surface area contributed by atoms with E-state index in [1.807, 2.05) is 62.4 Å². The summed E-state index contributed by atoms with van der Waals surface area (Å²) in [6.07, 6.45) is 0.887. The molecule has 3 aromatic carbocycles. The Morgan fingerprint density at radius 3 is 2.32 bits per heavy atom. The number of hydrogen-bond donors (Lipinski definition) is 2. The van der Waals surface area contributed by atoms with Crippen molar-refractivity contribution in [2.75, 3.05) is 0 Å². The summed E-state index contributed by atoms with van der Waals surface area (Å²) in [5.41, 5.74) is 4.14. The lowest BCUT2D eigenvalue weighted by Crippen LogP contribution is -2.50. The maximum atomic E-state index is 13.0. The first-order valence-corrected chi connectivity index (χ1v) is 13.4. The summed E-state index contributed by atoms with van der Waals surface area (Å²) in [4.78, 5) is 26.0. The molecule has 0 saturated heterocycles. The largest absolute Gasteiger partial charge is 0.490 e. The van der Waals surface area contributed by atoms with Gasteiger partial charge >= 0.3 is 0 Å². The Morgan fingerprint density at radius 2 is 1.66 bits per heavy atom. The molecule has 2 N–H and O–H groups in total. The summed E-state index contributed by atoms with van der Waals surface area (Å²) in [5.74, 6) is 0.0566. The minimum absolute atomic E-state index is 0.0400. The highest BCUT2D eigenvalue weighted by Crippen LogP contribution is 2.28. The Kier molecular flexibility index (Phi) is 11.0. The number of ether oxygens (including phenoxy) is 2. The SMILES string of the molecule is CC(C)Oc1ccc(/C=N\NC(=O)[C@@H](Cc2ccccc2)NC(=O)[C@@H](C)Oc2ccc(Cl)cc2Cl)cc1Br. The van der Waals surface area contributed by atoms with Crippen LogP contribution in [0, 0.1) is 0 Å². The molecule has 2 amide bonds. The van der Waals surface area contributed by atoms with E-state index in [4.69, 9.17) is 32.7 Å². The first-order valence-electron chi connectivity index (χ1n) is 11.9. The third kappa shape index (κ3) is 9.04. The molecule has 2 atom stereocenters. The number of nitrogens with one attached hydrogen (secondary N) is 2. The molecule has 0 aliphatic heterocycles. The van der Waals surface area contributed by atoms with E-state index in [1.165, 1.54) is 12.3 Å². The zero-order valence-corrected chi connectivity index (χ0v) is 24.2. The number of halogens is 3. The molecular weight excluding hydrogens is 593 g/mol. The lowest BCUT2D eigenvalue weighted by atomic mass is 10.1. The number of amides is 2. The van der Waals surface area contributed by atoms with Crippen LogP contribution in [0.2, 0.25) is 10.0 Å². The van der Waals surface area contributed by atoms with E-state index in [-0.39, 0.29) is 17.5 Å². The zero-order chi connectivity index (χ0) is 27.7. The van der Waals surface area contributed by atoms with Crippen molar-refractivity contribution in [3.05, 3.63) is 92.4 Å². The van der Waals surface area contributed by atoms with Gasteiger partial charge in [0, 0.05) is 11.4 Å². The van der Waals surface area contributed by atoms with Gasteiger partial charge in [0.2, 0.25) is 0 Å². The fourth-order valence-electron chi connectivity index (χ4n) is 3.36. The molecule has 0 radical (unpaired) electrons. The fourth-order valence-corrected chi connectivity index (χ4v) is 4.30. The predicted octanol–water partition coefficient (Wildman–Crippen LogP) is 6.19. The van der Waals surface area contributed by atoms with Crippen LogP contribution in [0.5, 0.6) is 11.5 Å². The molecule has 0 bridgehead atoms. The molecule has 0 saturated carbocycles. The minimum Gasteiger partial charge on any atom is -0.490 e. The van der Waals surface area contributed by atoms with Crippen LogP contribution in [0.1, 0.15) is 31.9 Å². The monoisotopic (exact) mass is 619 g/mol. The molecule has 200 valence electrons. The van der Waals surface area contributed by atoms with E-state index in [9.17, 15) is 9.59 Å². The van der Waals surface area contributed by atoms with Crippen molar-refractivity contribution in [1.29, 1.82) is 0 Å². The third-order valence-corrected chi connectivity index (χ3v) is 6.34. The maximum Gasteiger partial charge on any atom is 0.262 e. The number of rotatable bonds is 11. The molecule has 7 nitrogen and oxygen atoms in total. The van der Waals surface area contributed by atoms with E-state index in [0.717, 1.165) is 15.6 Å². The number of nitrogens with zero attached hydrogens (tertiary/aromatic N) is 1. The highest BCUT2D eigenvalue weighted by Gasteiger charge is 2.25. The summed E-state index contributed by atoms with van der Waals surface area (Å²) in [6.45, 7) is 5.46. The van der Waals surface area contributed by atoms with Crippen LogP contribution in [-0.4, -0.2) is 36.3 Å². The molecule has 38 heavy (non-hydrogen) atoms. The Bertz CT molecular complexity index is 1290. The molecular formula is C28H28BrCl2N3O4. The Hall–Kier alpha value is -3.07.